The molecule has 10 rings (SSSR count). The molecule has 2 heteroatoms. The van der Waals surface area contributed by atoms with E-state index in [1.807, 2.05) is 0 Å². The number of nitrogens with zero attached hydrogens (tertiary/aromatic N) is 2. The zero-order chi connectivity index (χ0) is 28.8. The number of rotatable bonds is 2. The summed E-state index contributed by atoms with van der Waals surface area (Å²) in [5.74, 6) is 0. The van der Waals surface area contributed by atoms with E-state index < -0.39 is 0 Å². The third-order valence-electron chi connectivity index (χ3n) is 9.46. The van der Waals surface area contributed by atoms with Crippen molar-refractivity contribution in [2.24, 2.45) is 0 Å². The predicted molar refractivity (Wildman–Crippen MR) is 188 cm³/mol. The molecule has 0 N–H and O–H groups in total. The fourth-order valence-electron chi connectivity index (χ4n) is 7.68. The van der Waals surface area contributed by atoms with E-state index in [0.29, 0.717) is 0 Å². The molecule has 0 saturated heterocycles. The predicted octanol–water partition coefficient (Wildman–Crippen LogP) is 11.3. The van der Waals surface area contributed by atoms with Crippen LogP contribution in [0.5, 0.6) is 0 Å². The maximum absolute atomic E-state index is 2.46. The molecule has 0 saturated carbocycles. The Hall–Kier alpha value is -5.86. The molecule has 2 aromatic heterocycles. The minimum absolute atomic E-state index is 1.20. The quantitative estimate of drug-likeness (QED) is 0.187. The summed E-state index contributed by atoms with van der Waals surface area (Å²) in [6.07, 6.45) is 0. The third kappa shape index (κ3) is 3.09. The SMILES string of the molecule is c1ccc2c(c1)c(-n1c3ccccc3c3ccccc31)cc1cc(-n3c4ccccc4c4ccccc43)c3ccccc3c12. The first-order valence-electron chi connectivity index (χ1n) is 15.2. The van der Waals surface area contributed by atoms with Crippen molar-refractivity contribution in [2.45, 2.75) is 0 Å². The van der Waals surface area contributed by atoms with Crippen molar-refractivity contribution in [1.29, 1.82) is 0 Å². The van der Waals surface area contributed by atoms with Crippen LogP contribution in [0.2, 0.25) is 0 Å². The minimum Gasteiger partial charge on any atom is -0.309 e. The van der Waals surface area contributed by atoms with Gasteiger partial charge in [-0.3, -0.25) is 0 Å². The summed E-state index contributed by atoms with van der Waals surface area (Å²) in [6.45, 7) is 0. The van der Waals surface area contributed by atoms with Crippen LogP contribution in [0, 0.1) is 0 Å². The van der Waals surface area contributed by atoms with Crippen molar-refractivity contribution in [3.05, 3.63) is 158 Å². The zero-order valence-electron chi connectivity index (χ0n) is 23.9. The number of hydrogen-bond donors (Lipinski definition) is 0. The normalized spacial score (nSPS) is 12.1. The zero-order valence-corrected chi connectivity index (χ0v) is 23.9. The first-order chi connectivity index (χ1) is 21.9. The fraction of sp³-hybridized carbons (Fsp3) is 0. The van der Waals surface area contributed by atoms with E-state index in [2.05, 4.69) is 167 Å². The first-order valence-corrected chi connectivity index (χ1v) is 15.2. The second-order valence-corrected chi connectivity index (χ2v) is 11.7. The minimum atomic E-state index is 1.20. The Kier molecular flexibility index (Phi) is 4.75. The topological polar surface area (TPSA) is 9.86 Å². The molecule has 0 fully saturated rings. The van der Waals surface area contributed by atoms with Gasteiger partial charge >= 0.3 is 0 Å². The first kappa shape index (κ1) is 23.7. The molecule has 204 valence electrons. The highest BCUT2D eigenvalue weighted by atomic mass is 15.0. The Bertz CT molecular complexity index is 2480. The molecule has 0 aliphatic carbocycles. The van der Waals surface area contributed by atoms with Gasteiger partial charge in [-0.15, -0.1) is 0 Å². The van der Waals surface area contributed by atoms with Gasteiger partial charge in [0.15, 0.2) is 0 Å². The van der Waals surface area contributed by atoms with E-state index in [1.54, 1.807) is 0 Å². The molecular formula is C42H26N2. The second-order valence-electron chi connectivity index (χ2n) is 11.7. The van der Waals surface area contributed by atoms with E-state index >= 15 is 0 Å². The molecular weight excluding hydrogens is 532 g/mol. The maximum Gasteiger partial charge on any atom is 0.0546 e. The molecule has 0 aliphatic rings. The Morgan fingerprint density at radius 2 is 0.545 bits per heavy atom. The summed E-state index contributed by atoms with van der Waals surface area (Å²) in [6, 6.07) is 57.8. The van der Waals surface area contributed by atoms with Gasteiger partial charge in [0.25, 0.3) is 0 Å². The highest BCUT2D eigenvalue weighted by Gasteiger charge is 2.19. The molecule has 0 unspecified atom stereocenters. The number of aromatic nitrogens is 2. The van der Waals surface area contributed by atoms with Gasteiger partial charge in [-0.2, -0.15) is 0 Å². The van der Waals surface area contributed by atoms with Crippen molar-refractivity contribution >= 4 is 75.9 Å². The lowest BCUT2D eigenvalue weighted by Crippen LogP contribution is -1.99. The van der Waals surface area contributed by atoms with Crippen LogP contribution in [0.1, 0.15) is 0 Å². The molecule has 8 aromatic carbocycles. The van der Waals surface area contributed by atoms with Crippen LogP contribution in [-0.4, -0.2) is 9.13 Å². The summed E-state index contributed by atoms with van der Waals surface area (Å²) in [5.41, 5.74) is 7.30. The molecule has 0 radical (unpaired) electrons. The average Bonchev–Trinajstić information content (AvgIpc) is 3.60. The van der Waals surface area contributed by atoms with Crippen molar-refractivity contribution in [2.75, 3.05) is 0 Å². The summed E-state index contributed by atoms with van der Waals surface area (Å²) in [5, 5.41) is 12.7. The van der Waals surface area contributed by atoms with Gasteiger partial charge in [0, 0.05) is 32.3 Å². The van der Waals surface area contributed by atoms with E-state index in [9.17, 15) is 0 Å². The van der Waals surface area contributed by atoms with Crippen LogP contribution >= 0.6 is 0 Å². The standard InChI is InChI=1S/C42H26N2/c1-3-19-34-32(17-1)40(43-36-21-9-5-13-28(36)29-14-6-10-22-37(29)43)25-27-26-41(33-18-2-4-20-35(33)42(27)34)44-38-23-11-7-15-30(38)31-16-8-12-24-39(31)44/h1-26H. The Labute approximate surface area is 253 Å². The highest BCUT2D eigenvalue weighted by molar-refractivity contribution is 6.25. The molecule has 10 aromatic rings. The van der Waals surface area contributed by atoms with Gasteiger partial charge in [0.2, 0.25) is 0 Å². The highest BCUT2D eigenvalue weighted by Crippen LogP contribution is 2.42. The van der Waals surface area contributed by atoms with E-state index in [1.165, 1.54) is 87.3 Å². The largest absolute Gasteiger partial charge is 0.309 e. The summed E-state index contributed by atoms with van der Waals surface area (Å²) >= 11 is 0. The van der Waals surface area contributed by atoms with E-state index in [4.69, 9.17) is 0 Å². The van der Waals surface area contributed by atoms with E-state index in [-0.39, 0.29) is 0 Å². The lowest BCUT2D eigenvalue weighted by atomic mass is 9.94. The van der Waals surface area contributed by atoms with Gasteiger partial charge < -0.3 is 9.13 Å². The second kappa shape index (κ2) is 8.82. The van der Waals surface area contributed by atoms with Gasteiger partial charge in [-0.1, -0.05) is 121 Å². The number of benzene rings is 8. The van der Waals surface area contributed by atoms with Crippen LogP contribution in [0.15, 0.2) is 158 Å². The van der Waals surface area contributed by atoms with Crippen molar-refractivity contribution in [3.63, 3.8) is 0 Å². The molecule has 0 aliphatic heterocycles. The van der Waals surface area contributed by atoms with Crippen molar-refractivity contribution in [1.82, 2.24) is 9.13 Å². The summed E-state index contributed by atoms with van der Waals surface area (Å²) in [7, 11) is 0. The van der Waals surface area contributed by atoms with Gasteiger partial charge in [0.1, 0.15) is 0 Å². The van der Waals surface area contributed by atoms with Gasteiger partial charge in [-0.25, -0.2) is 0 Å². The van der Waals surface area contributed by atoms with Crippen molar-refractivity contribution in [3.8, 4) is 11.4 Å². The Morgan fingerprint density at radius 3 is 0.886 bits per heavy atom. The maximum atomic E-state index is 2.46. The van der Waals surface area contributed by atoms with Crippen LogP contribution in [-0.2, 0) is 0 Å². The van der Waals surface area contributed by atoms with E-state index in [0.717, 1.165) is 0 Å². The molecule has 0 bridgehead atoms. The smallest absolute Gasteiger partial charge is 0.0546 e. The van der Waals surface area contributed by atoms with Gasteiger partial charge in [-0.05, 0) is 57.9 Å². The fourth-order valence-corrected chi connectivity index (χ4v) is 7.68. The monoisotopic (exact) mass is 558 g/mol. The lowest BCUT2D eigenvalue weighted by Gasteiger charge is -2.18. The molecule has 44 heavy (non-hydrogen) atoms. The lowest BCUT2D eigenvalue weighted by molar-refractivity contribution is 1.19. The summed E-state index contributed by atoms with van der Waals surface area (Å²) in [4.78, 5) is 0. The van der Waals surface area contributed by atoms with Crippen LogP contribution in [0.3, 0.4) is 0 Å². The third-order valence-corrected chi connectivity index (χ3v) is 9.46. The summed E-state index contributed by atoms with van der Waals surface area (Å²) < 4.78 is 4.92. The molecule has 0 atom stereocenters. The Balaban J connectivity index is 1.41. The van der Waals surface area contributed by atoms with Crippen LogP contribution in [0.4, 0.5) is 0 Å². The number of hydrogen-bond acceptors (Lipinski definition) is 0. The molecule has 2 heterocycles. The van der Waals surface area contributed by atoms with Crippen molar-refractivity contribution < 1.29 is 0 Å². The molecule has 2 nitrogen and oxygen atoms in total. The average molecular weight is 559 g/mol. The molecule has 0 amide bonds. The van der Waals surface area contributed by atoms with Gasteiger partial charge in [0.05, 0.1) is 33.4 Å². The number of para-hydroxylation sites is 4. The Morgan fingerprint density at radius 1 is 0.273 bits per heavy atom. The molecule has 0 spiro atoms. The number of fused-ring (bicyclic) bond motifs is 11. The van der Waals surface area contributed by atoms with Crippen LogP contribution < -0.4 is 0 Å². The van der Waals surface area contributed by atoms with Crippen LogP contribution in [0.25, 0.3) is 87.3 Å².